The molecule has 0 aromatic carbocycles. The Balaban J connectivity index is 1.80. The molecule has 1 spiro atoms. The summed E-state index contributed by atoms with van der Waals surface area (Å²) in [7, 11) is 0. The number of rotatable bonds is 1. The van der Waals surface area contributed by atoms with Crippen LogP contribution in [0.15, 0.2) is 0 Å². The van der Waals surface area contributed by atoms with Gasteiger partial charge in [-0.3, -0.25) is 0 Å². The van der Waals surface area contributed by atoms with E-state index in [2.05, 4.69) is 0 Å². The summed E-state index contributed by atoms with van der Waals surface area (Å²) in [5.74, 6) is 0.771. The molecule has 0 amide bonds. The zero-order valence-corrected chi connectivity index (χ0v) is 6.21. The lowest BCUT2D eigenvalue weighted by Crippen LogP contribution is -2.51. The van der Waals surface area contributed by atoms with E-state index >= 15 is 0 Å². The number of hydrogen-bond acceptors (Lipinski definition) is 2. The maximum atomic E-state index is 9.08. The first kappa shape index (κ1) is 6.62. The third-order valence-electron chi connectivity index (χ3n) is 3.11. The zero-order valence-electron chi connectivity index (χ0n) is 6.21. The Labute approximate surface area is 61.4 Å². The van der Waals surface area contributed by atoms with Crippen molar-refractivity contribution in [3.63, 3.8) is 0 Å². The van der Waals surface area contributed by atoms with Gasteiger partial charge in [-0.1, -0.05) is 0 Å². The molecular formula is C8H15NO. The van der Waals surface area contributed by atoms with Gasteiger partial charge in [-0.25, -0.2) is 0 Å². The monoisotopic (exact) mass is 141 g/mol. The van der Waals surface area contributed by atoms with E-state index in [-0.39, 0.29) is 6.10 Å². The fourth-order valence-electron chi connectivity index (χ4n) is 2.60. The maximum Gasteiger partial charge on any atom is 0.0550 e. The molecule has 10 heavy (non-hydrogen) atoms. The van der Waals surface area contributed by atoms with Gasteiger partial charge in [0.15, 0.2) is 0 Å². The van der Waals surface area contributed by atoms with Crippen molar-refractivity contribution in [2.24, 2.45) is 17.1 Å². The smallest absolute Gasteiger partial charge is 0.0550 e. The highest BCUT2D eigenvalue weighted by Crippen LogP contribution is 2.58. The molecule has 2 rings (SSSR count). The summed E-state index contributed by atoms with van der Waals surface area (Å²) >= 11 is 0. The summed E-state index contributed by atoms with van der Waals surface area (Å²) in [4.78, 5) is 0. The molecule has 2 nitrogen and oxygen atoms in total. The molecule has 0 bridgehead atoms. The van der Waals surface area contributed by atoms with E-state index in [9.17, 15) is 0 Å². The fourth-order valence-corrected chi connectivity index (χ4v) is 2.60. The molecule has 0 heterocycles. The molecule has 0 saturated heterocycles. The third kappa shape index (κ3) is 0.789. The predicted octanol–water partition coefficient (Wildman–Crippen LogP) is 0.496. The summed E-state index contributed by atoms with van der Waals surface area (Å²) in [5.41, 5.74) is 6.06. The van der Waals surface area contributed by atoms with Gasteiger partial charge in [-0.2, -0.15) is 0 Å². The van der Waals surface area contributed by atoms with Crippen molar-refractivity contribution < 1.29 is 5.11 Å². The van der Waals surface area contributed by atoms with Crippen molar-refractivity contribution in [3.05, 3.63) is 0 Å². The van der Waals surface area contributed by atoms with E-state index in [1.807, 2.05) is 0 Å². The van der Waals surface area contributed by atoms with Crippen molar-refractivity contribution in [3.8, 4) is 0 Å². The summed E-state index contributed by atoms with van der Waals surface area (Å²) in [5, 5.41) is 9.08. The Bertz CT molecular complexity index is 132. The molecule has 0 atom stereocenters. The Morgan fingerprint density at radius 2 is 1.90 bits per heavy atom. The number of aliphatic hydroxyl groups excluding tert-OH is 1. The van der Waals surface area contributed by atoms with E-state index in [0.29, 0.717) is 5.41 Å². The fraction of sp³-hybridized carbons (Fsp3) is 1.00. The largest absolute Gasteiger partial charge is 0.393 e. The Morgan fingerprint density at radius 3 is 2.30 bits per heavy atom. The second kappa shape index (κ2) is 1.95. The van der Waals surface area contributed by atoms with Crippen LogP contribution in [-0.2, 0) is 0 Å². The van der Waals surface area contributed by atoms with Crippen molar-refractivity contribution in [2.45, 2.75) is 31.8 Å². The van der Waals surface area contributed by atoms with Crippen LogP contribution < -0.4 is 5.73 Å². The minimum atomic E-state index is 0.0127. The van der Waals surface area contributed by atoms with Gasteiger partial charge < -0.3 is 10.8 Å². The predicted molar refractivity (Wildman–Crippen MR) is 39.5 cm³/mol. The Kier molecular flexibility index (Phi) is 1.29. The van der Waals surface area contributed by atoms with Crippen molar-refractivity contribution >= 4 is 0 Å². The lowest BCUT2D eigenvalue weighted by atomic mass is 9.51. The standard InChI is InChI=1S/C8H15NO/c9-5-6-1-8(2-6)3-7(10)4-8/h6-7,10H,1-5,9H2. The molecule has 2 aliphatic carbocycles. The normalized spacial score (nSPS) is 52.2. The minimum absolute atomic E-state index is 0.0127. The van der Waals surface area contributed by atoms with Gasteiger partial charge in [-0.05, 0) is 43.6 Å². The van der Waals surface area contributed by atoms with Crippen molar-refractivity contribution in [1.82, 2.24) is 0 Å². The first-order chi connectivity index (χ1) is 4.74. The van der Waals surface area contributed by atoms with Gasteiger partial charge in [0, 0.05) is 0 Å². The van der Waals surface area contributed by atoms with E-state index in [4.69, 9.17) is 10.8 Å². The quantitative estimate of drug-likeness (QED) is 0.558. The number of aliphatic hydroxyl groups is 1. The van der Waals surface area contributed by atoms with E-state index < -0.39 is 0 Å². The third-order valence-corrected chi connectivity index (χ3v) is 3.11. The van der Waals surface area contributed by atoms with Crippen LogP contribution >= 0.6 is 0 Å². The highest BCUT2D eigenvalue weighted by molar-refractivity contribution is 5.03. The molecular weight excluding hydrogens is 126 g/mol. The zero-order chi connectivity index (χ0) is 7.19. The number of nitrogens with two attached hydrogens (primary N) is 1. The second-order valence-corrected chi connectivity index (χ2v) is 4.07. The van der Waals surface area contributed by atoms with E-state index in [0.717, 1.165) is 25.3 Å². The van der Waals surface area contributed by atoms with Gasteiger partial charge >= 0.3 is 0 Å². The highest BCUT2D eigenvalue weighted by Gasteiger charge is 2.51. The van der Waals surface area contributed by atoms with Gasteiger partial charge in [0.2, 0.25) is 0 Å². The van der Waals surface area contributed by atoms with Crippen LogP contribution in [0.5, 0.6) is 0 Å². The van der Waals surface area contributed by atoms with Gasteiger partial charge in [-0.15, -0.1) is 0 Å². The molecule has 0 aliphatic heterocycles. The minimum Gasteiger partial charge on any atom is -0.393 e. The first-order valence-electron chi connectivity index (χ1n) is 4.12. The molecule has 0 aromatic rings. The second-order valence-electron chi connectivity index (χ2n) is 4.07. The summed E-state index contributed by atoms with van der Waals surface area (Å²) in [6, 6.07) is 0. The average Bonchev–Trinajstić information content (AvgIpc) is 1.74. The summed E-state index contributed by atoms with van der Waals surface area (Å²) in [6.07, 6.45) is 4.66. The summed E-state index contributed by atoms with van der Waals surface area (Å²) < 4.78 is 0. The van der Waals surface area contributed by atoms with Crippen LogP contribution in [0, 0.1) is 11.3 Å². The van der Waals surface area contributed by atoms with Crippen molar-refractivity contribution in [2.75, 3.05) is 6.54 Å². The van der Waals surface area contributed by atoms with Crippen molar-refractivity contribution in [1.29, 1.82) is 0 Å². The molecule has 58 valence electrons. The molecule has 2 saturated carbocycles. The molecule has 2 aliphatic rings. The molecule has 0 aromatic heterocycles. The number of hydrogen-bond donors (Lipinski definition) is 2. The molecule has 3 N–H and O–H groups in total. The van der Waals surface area contributed by atoms with E-state index in [1.54, 1.807) is 0 Å². The van der Waals surface area contributed by atoms with Gasteiger partial charge in [0.05, 0.1) is 6.10 Å². The van der Waals surface area contributed by atoms with Gasteiger partial charge in [0.25, 0.3) is 0 Å². The lowest BCUT2D eigenvalue weighted by Gasteiger charge is -2.56. The SMILES string of the molecule is NCC1CC2(CC(O)C2)C1. The van der Waals surface area contributed by atoms with Gasteiger partial charge in [0.1, 0.15) is 0 Å². The first-order valence-corrected chi connectivity index (χ1v) is 4.12. The Morgan fingerprint density at radius 1 is 1.30 bits per heavy atom. The average molecular weight is 141 g/mol. The van der Waals surface area contributed by atoms with Crippen LogP contribution in [-0.4, -0.2) is 17.8 Å². The highest BCUT2D eigenvalue weighted by atomic mass is 16.3. The molecule has 0 unspecified atom stereocenters. The Hall–Kier alpha value is -0.0800. The maximum absolute atomic E-state index is 9.08. The van der Waals surface area contributed by atoms with Crippen LogP contribution in [0.3, 0.4) is 0 Å². The van der Waals surface area contributed by atoms with Crippen LogP contribution in [0.4, 0.5) is 0 Å². The molecule has 0 radical (unpaired) electrons. The van der Waals surface area contributed by atoms with Crippen LogP contribution in [0.1, 0.15) is 25.7 Å². The summed E-state index contributed by atoms with van der Waals surface area (Å²) in [6.45, 7) is 0.845. The van der Waals surface area contributed by atoms with Crippen LogP contribution in [0.2, 0.25) is 0 Å². The topological polar surface area (TPSA) is 46.2 Å². The van der Waals surface area contributed by atoms with E-state index in [1.165, 1.54) is 12.8 Å². The lowest BCUT2D eigenvalue weighted by molar-refractivity contribution is -0.108. The molecule has 2 fully saturated rings. The molecule has 2 heteroatoms. The van der Waals surface area contributed by atoms with Crippen LogP contribution in [0.25, 0.3) is 0 Å².